The van der Waals surface area contributed by atoms with Gasteiger partial charge in [0, 0.05) is 11.3 Å². The maximum Gasteiger partial charge on any atom is 0.212 e. The molecule has 1 fully saturated rings. The van der Waals surface area contributed by atoms with Crippen LogP contribution in [0.4, 0.5) is 0 Å². The van der Waals surface area contributed by atoms with E-state index in [0.717, 1.165) is 0 Å². The minimum absolute atomic E-state index is 0.152. The van der Waals surface area contributed by atoms with Crippen molar-refractivity contribution >= 4 is 11.6 Å². The van der Waals surface area contributed by atoms with Crippen LogP contribution in [0.2, 0.25) is 0 Å². The smallest absolute Gasteiger partial charge is 0.212 e. The fourth-order valence-electron chi connectivity index (χ4n) is 3.26. The van der Waals surface area contributed by atoms with Gasteiger partial charge in [0.15, 0.2) is 0 Å². The first-order valence-electron chi connectivity index (χ1n) is 6.69. The van der Waals surface area contributed by atoms with Gasteiger partial charge in [0.1, 0.15) is 17.0 Å². The molecule has 0 aromatic heterocycles. The van der Waals surface area contributed by atoms with E-state index < -0.39 is 22.8 Å². The molecule has 0 spiro atoms. The molecular formula is C15H17NO4. The van der Waals surface area contributed by atoms with Crippen molar-refractivity contribution in [3.05, 3.63) is 46.0 Å². The highest BCUT2D eigenvalue weighted by atomic mass is 16.6. The molecular weight excluding hydrogens is 258 g/mol. The number of benzene rings is 1. The van der Waals surface area contributed by atoms with Gasteiger partial charge in [-0.05, 0) is 25.3 Å². The van der Waals surface area contributed by atoms with Crippen LogP contribution in [0.5, 0.6) is 0 Å². The van der Waals surface area contributed by atoms with Crippen molar-refractivity contribution in [1.82, 2.24) is 0 Å². The van der Waals surface area contributed by atoms with E-state index in [1.54, 1.807) is 24.3 Å². The summed E-state index contributed by atoms with van der Waals surface area (Å²) in [5.74, 6) is -1.08. The minimum Gasteiger partial charge on any atom is -0.299 e. The number of hydrogen-bond donors (Lipinski definition) is 0. The Morgan fingerprint density at radius 1 is 1.40 bits per heavy atom. The number of ketones is 2. The summed E-state index contributed by atoms with van der Waals surface area (Å²) in [6, 6.07) is 8.86. The minimum atomic E-state index is -1.21. The lowest BCUT2D eigenvalue weighted by Crippen LogP contribution is -2.42. The lowest BCUT2D eigenvalue weighted by molar-refractivity contribution is -0.485. The topological polar surface area (TPSA) is 77.3 Å². The summed E-state index contributed by atoms with van der Waals surface area (Å²) in [4.78, 5) is 35.0. The normalized spacial score (nSPS) is 23.6. The Labute approximate surface area is 117 Å². The van der Waals surface area contributed by atoms with Gasteiger partial charge in [0.2, 0.25) is 6.54 Å². The molecule has 5 nitrogen and oxygen atoms in total. The number of nitro groups is 1. The predicted molar refractivity (Wildman–Crippen MR) is 73.0 cm³/mol. The molecule has 106 valence electrons. The molecule has 2 atom stereocenters. The summed E-state index contributed by atoms with van der Waals surface area (Å²) in [5.41, 5.74) is -0.524. The molecule has 5 heteroatoms. The first kappa shape index (κ1) is 14.4. The Balaban J connectivity index is 2.52. The van der Waals surface area contributed by atoms with Crippen molar-refractivity contribution in [2.45, 2.75) is 32.1 Å². The van der Waals surface area contributed by atoms with E-state index in [1.165, 1.54) is 6.92 Å². The third-order valence-electron chi connectivity index (χ3n) is 4.23. The van der Waals surface area contributed by atoms with Crippen LogP contribution in [0.25, 0.3) is 0 Å². The van der Waals surface area contributed by atoms with E-state index in [-0.39, 0.29) is 11.6 Å². The Bertz CT molecular complexity index is 540. The molecule has 1 aliphatic rings. The standard InChI is InChI=1S/C15H17NO4/c1-11(17)15(9-5-8-14(15)18)13(10-16(19)20)12-6-3-2-4-7-12/h2-4,6-7,13H,5,8-10H2,1H3/t13-,15-/m1/s1. The summed E-state index contributed by atoms with van der Waals surface area (Å²) >= 11 is 0. The van der Waals surface area contributed by atoms with Gasteiger partial charge >= 0.3 is 0 Å². The van der Waals surface area contributed by atoms with Crippen LogP contribution in [0, 0.1) is 15.5 Å². The molecule has 0 unspecified atom stereocenters. The molecule has 0 bridgehead atoms. The van der Waals surface area contributed by atoms with Gasteiger partial charge in [-0.3, -0.25) is 19.7 Å². The third-order valence-corrected chi connectivity index (χ3v) is 4.23. The van der Waals surface area contributed by atoms with Gasteiger partial charge in [-0.15, -0.1) is 0 Å². The zero-order chi connectivity index (χ0) is 14.8. The highest BCUT2D eigenvalue weighted by Crippen LogP contribution is 2.47. The maximum atomic E-state index is 12.3. The molecule has 1 aromatic rings. The van der Waals surface area contributed by atoms with Gasteiger partial charge < -0.3 is 0 Å². The molecule has 0 aliphatic heterocycles. The van der Waals surface area contributed by atoms with Crippen LogP contribution < -0.4 is 0 Å². The number of carbonyl (C=O) groups is 2. The number of Topliss-reactive ketones (excluding diaryl/α,β-unsaturated/α-hetero) is 2. The van der Waals surface area contributed by atoms with Gasteiger partial charge in [-0.1, -0.05) is 30.3 Å². The summed E-state index contributed by atoms with van der Waals surface area (Å²) in [6.07, 6.45) is 1.37. The Morgan fingerprint density at radius 2 is 2.05 bits per heavy atom. The molecule has 1 aliphatic carbocycles. The lowest BCUT2D eigenvalue weighted by atomic mass is 9.67. The average Bonchev–Trinajstić information content (AvgIpc) is 2.79. The molecule has 1 saturated carbocycles. The molecule has 1 aromatic carbocycles. The predicted octanol–water partition coefficient (Wildman–Crippen LogP) is 2.38. The van der Waals surface area contributed by atoms with Crippen molar-refractivity contribution in [1.29, 1.82) is 0 Å². The quantitative estimate of drug-likeness (QED) is 0.469. The van der Waals surface area contributed by atoms with Gasteiger partial charge in [0.25, 0.3) is 0 Å². The van der Waals surface area contributed by atoms with Crippen LogP contribution in [-0.4, -0.2) is 23.0 Å². The number of carbonyl (C=O) groups excluding carboxylic acids is 2. The summed E-state index contributed by atoms with van der Waals surface area (Å²) in [6.45, 7) is 0.981. The SMILES string of the molecule is CC(=O)[C@@]1([C@H](C[N+](=O)[O-])c2ccccc2)CCCC1=O. The van der Waals surface area contributed by atoms with E-state index in [9.17, 15) is 19.7 Å². The van der Waals surface area contributed by atoms with Gasteiger partial charge in [-0.2, -0.15) is 0 Å². The maximum absolute atomic E-state index is 12.3. The molecule has 0 radical (unpaired) electrons. The third kappa shape index (κ3) is 2.35. The second kappa shape index (κ2) is 5.53. The molecule has 0 saturated heterocycles. The van der Waals surface area contributed by atoms with E-state index in [0.29, 0.717) is 24.8 Å². The van der Waals surface area contributed by atoms with Crippen molar-refractivity contribution < 1.29 is 14.5 Å². The Hall–Kier alpha value is -2.04. The first-order chi connectivity index (χ1) is 9.48. The molecule has 0 N–H and O–H groups in total. The highest BCUT2D eigenvalue weighted by Gasteiger charge is 2.54. The van der Waals surface area contributed by atoms with Crippen LogP contribution in [0.15, 0.2) is 30.3 Å². The van der Waals surface area contributed by atoms with Crippen molar-refractivity contribution in [2.24, 2.45) is 5.41 Å². The average molecular weight is 275 g/mol. The number of hydrogen-bond acceptors (Lipinski definition) is 4. The number of nitrogens with zero attached hydrogens (tertiary/aromatic N) is 1. The molecule has 0 heterocycles. The zero-order valence-corrected chi connectivity index (χ0v) is 11.4. The fourth-order valence-corrected chi connectivity index (χ4v) is 3.26. The molecule has 20 heavy (non-hydrogen) atoms. The van der Waals surface area contributed by atoms with E-state index in [4.69, 9.17) is 0 Å². The first-order valence-corrected chi connectivity index (χ1v) is 6.69. The van der Waals surface area contributed by atoms with Crippen LogP contribution in [-0.2, 0) is 9.59 Å². The second-order valence-corrected chi connectivity index (χ2v) is 5.28. The zero-order valence-electron chi connectivity index (χ0n) is 11.4. The number of rotatable bonds is 5. The van der Waals surface area contributed by atoms with Gasteiger partial charge in [-0.25, -0.2) is 0 Å². The summed E-state index contributed by atoms with van der Waals surface area (Å²) in [7, 11) is 0. The van der Waals surface area contributed by atoms with E-state index >= 15 is 0 Å². The monoisotopic (exact) mass is 275 g/mol. The van der Waals surface area contributed by atoms with Crippen molar-refractivity contribution in [2.75, 3.05) is 6.54 Å². The highest BCUT2D eigenvalue weighted by molar-refractivity contribution is 6.08. The lowest BCUT2D eigenvalue weighted by Gasteiger charge is -2.31. The van der Waals surface area contributed by atoms with Crippen molar-refractivity contribution in [3.63, 3.8) is 0 Å². The van der Waals surface area contributed by atoms with Crippen LogP contribution >= 0.6 is 0 Å². The van der Waals surface area contributed by atoms with E-state index in [2.05, 4.69) is 0 Å². The van der Waals surface area contributed by atoms with Gasteiger partial charge in [0.05, 0.1) is 5.92 Å². The van der Waals surface area contributed by atoms with Crippen molar-refractivity contribution in [3.8, 4) is 0 Å². The summed E-state index contributed by atoms with van der Waals surface area (Å²) in [5, 5.41) is 11.0. The molecule has 2 rings (SSSR count). The fraction of sp³-hybridized carbons (Fsp3) is 0.467. The Morgan fingerprint density at radius 3 is 2.50 bits per heavy atom. The Kier molecular flexibility index (Phi) is 3.97. The second-order valence-electron chi connectivity index (χ2n) is 5.28. The van der Waals surface area contributed by atoms with Crippen LogP contribution in [0.3, 0.4) is 0 Å². The molecule has 0 amide bonds. The largest absolute Gasteiger partial charge is 0.299 e. The van der Waals surface area contributed by atoms with Crippen LogP contribution in [0.1, 0.15) is 37.7 Å². The summed E-state index contributed by atoms with van der Waals surface area (Å²) < 4.78 is 0. The van der Waals surface area contributed by atoms with E-state index in [1.807, 2.05) is 6.07 Å².